The first-order chi connectivity index (χ1) is 7.24. The molecule has 1 atom stereocenters. The molecule has 1 fully saturated rings. The number of amides is 1. The largest absolute Gasteiger partial charge is 0.457 e. The Labute approximate surface area is 102 Å². The highest BCUT2D eigenvalue weighted by atomic mass is 79.9. The summed E-state index contributed by atoms with van der Waals surface area (Å²) in [4.78, 5) is 13.9. The lowest BCUT2D eigenvalue weighted by Gasteiger charge is -2.22. The first-order valence-corrected chi connectivity index (χ1v) is 6.16. The van der Waals surface area contributed by atoms with Crippen molar-refractivity contribution in [2.24, 2.45) is 0 Å². The molecule has 0 aliphatic carbocycles. The van der Waals surface area contributed by atoms with Crippen LogP contribution in [0.1, 0.15) is 23.2 Å². The van der Waals surface area contributed by atoms with Crippen molar-refractivity contribution in [2.45, 2.75) is 18.9 Å². The van der Waals surface area contributed by atoms with E-state index in [1.54, 1.807) is 6.07 Å². The highest BCUT2D eigenvalue weighted by Crippen LogP contribution is 2.25. The molecule has 0 N–H and O–H groups in total. The zero-order valence-electron chi connectivity index (χ0n) is 8.08. The predicted octanol–water partition coefficient (Wildman–Crippen LogP) is 2.89. The number of hydrogen-bond donors (Lipinski definition) is 0. The Hall–Kier alpha value is -0.480. The molecule has 2 heterocycles. The number of halogens is 2. The van der Waals surface area contributed by atoms with Gasteiger partial charge >= 0.3 is 0 Å². The summed E-state index contributed by atoms with van der Waals surface area (Å²) in [6.45, 7) is 0.786. The Kier molecular flexibility index (Phi) is 3.36. The average molecular weight is 293 g/mol. The van der Waals surface area contributed by atoms with Crippen LogP contribution in [0.4, 0.5) is 0 Å². The minimum atomic E-state index is -0.00113. The molecule has 15 heavy (non-hydrogen) atoms. The molecule has 1 aromatic heterocycles. The van der Waals surface area contributed by atoms with Crippen LogP contribution < -0.4 is 0 Å². The van der Waals surface area contributed by atoms with E-state index in [0.29, 0.717) is 16.1 Å². The van der Waals surface area contributed by atoms with E-state index >= 15 is 0 Å². The van der Waals surface area contributed by atoms with Gasteiger partial charge in [0, 0.05) is 18.5 Å². The van der Waals surface area contributed by atoms with Gasteiger partial charge in [0.1, 0.15) is 0 Å². The minimum absolute atomic E-state index is 0.00113. The fourth-order valence-corrected chi connectivity index (χ4v) is 2.59. The van der Waals surface area contributed by atoms with Gasteiger partial charge in [-0.15, -0.1) is 11.6 Å². The van der Waals surface area contributed by atoms with Crippen LogP contribution in [-0.4, -0.2) is 29.3 Å². The number of furan rings is 1. The van der Waals surface area contributed by atoms with Crippen LogP contribution in [0, 0.1) is 0 Å². The van der Waals surface area contributed by atoms with E-state index in [4.69, 9.17) is 16.0 Å². The molecule has 1 unspecified atom stereocenters. The van der Waals surface area contributed by atoms with Gasteiger partial charge in [-0.05, 0) is 34.8 Å². The Balaban J connectivity index is 2.18. The molecule has 2 rings (SSSR count). The van der Waals surface area contributed by atoms with E-state index in [1.807, 2.05) is 4.90 Å². The number of likely N-dealkylation sites (tertiary alicyclic amines) is 1. The smallest absolute Gasteiger partial charge is 0.258 e. The summed E-state index contributed by atoms with van der Waals surface area (Å²) in [5.74, 6) is 0.500. The lowest BCUT2D eigenvalue weighted by molar-refractivity contribution is 0.0747. The fourth-order valence-electron chi connectivity index (χ4n) is 1.86. The molecule has 0 radical (unpaired) electrons. The molecule has 1 aromatic rings. The van der Waals surface area contributed by atoms with Gasteiger partial charge < -0.3 is 9.32 Å². The topological polar surface area (TPSA) is 33.5 Å². The molecular weight excluding hydrogens is 281 g/mol. The molecule has 1 amide bonds. The van der Waals surface area contributed by atoms with Gasteiger partial charge in [0.25, 0.3) is 5.91 Å². The number of carbonyl (C=O) groups is 1. The van der Waals surface area contributed by atoms with Crippen molar-refractivity contribution < 1.29 is 9.21 Å². The fraction of sp³-hybridized carbons (Fsp3) is 0.500. The quantitative estimate of drug-likeness (QED) is 0.785. The average Bonchev–Trinajstić information content (AvgIpc) is 2.84. The van der Waals surface area contributed by atoms with Crippen LogP contribution >= 0.6 is 27.5 Å². The Morgan fingerprint density at radius 2 is 2.53 bits per heavy atom. The molecule has 5 heteroatoms. The first-order valence-electron chi connectivity index (χ1n) is 4.84. The minimum Gasteiger partial charge on any atom is -0.457 e. The maximum atomic E-state index is 12.1. The molecule has 1 aliphatic rings. The van der Waals surface area contributed by atoms with Crippen molar-refractivity contribution in [3.05, 3.63) is 22.6 Å². The van der Waals surface area contributed by atoms with Crippen LogP contribution in [-0.2, 0) is 0 Å². The Morgan fingerprint density at radius 3 is 3.13 bits per heavy atom. The van der Waals surface area contributed by atoms with Crippen LogP contribution in [0.25, 0.3) is 0 Å². The van der Waals surface area contributed by atoms with Crippen molar-refractivity contribution in [3.63, 3.8) is 0 Å². The van der Waals surface area contributed by atoms with Gasteiger partial charge in [-0.25, -0.2) is 0 Å². The third-order valence-electron chi connectivity index (χ3n) is 2.66. The van der Waals surface area contributed by atoms with Gasteiger partial charge in [0.05, 0.1) is 11.8 Å². The van der Waals surface area contributed by atoms with E-state index < -0.39 is 0 Å². The second-order valence-electron chi connectivity index (χ2n) is 3.56. The lowest BCUT2D eigenvalue weighted by Crippen LogP contribution is -2.36. The maximum absolute atomic E-state index is 12.1. The van der Waals surface area contributed by atoms with E-state index in [2.05, 4.69) is 15.9 Å². The molecule has 1 aliphatic heterocycles. The summed E-state index contributed by atoms with van der Waals surface area (Å²) in [6.07, 6.45) is 3.52. The van der Waals surface area contributed by atoms with E-state index in [9.17, 15) is 4.79 Å². The summed E-state index contributed by atoms with van der Waals surface area (Å²) in [7, 11) is 0. The van der Waals surface area contributed by atoms with Crippen LogP contribution in [0.2, 0.25) is 0 Å². The summed E-state index contributed by atoms with van der Waals surface area (Å²) in [5, 5.41) is 0. The zero-order valence-corrected chi connectivity index (χ0v) is 10.4. The third kappa shape index (κ3) is 2.06. The first kappa shape index (κ1) is 11.0. The normalized spacial score (nSPS) is 20.9. The van der Waals surface area contributed by atoms with Gasteiger partial charge in [-0.1, -0.05) is 0 Å². The summed E-state index contributed by atoms with van der Waals surface area (Å²) in [6, 6.07) is 1.84. The number of alkyl halides is 1. The van der Waals surface area contributed by atoms with Gasteiger partial charge in [-0.3, -0.25) is 4.79 Å². The number of rotatable bonds is 2. The van der Waals surface area contributed by atoms with E-state index in [-0.39, 0.29) is 11.9 Å². The van der Waals surface area contributed by atoms with E-state index in [1.165, 1.54) is 6.26 Å². The van der Waals surface area contributed by atoms with Gasteiger partial charge in [-0.2, -0.15) is 0 Å². The molecule has 0 bridgehead atoms. The van der Waals surface area contributed by atoms with Gasteiger partial charge in [0.2, 0.25) is 0 Å². The number of nitrogens with zero attached hydrogens (tertiary/aromatic N) is 1. The van der Waals surface area contributed by atoms with Crippen molar-refractivity contribution >= 4 is 33.4 Å². The van der Waals surface area contributed by atoms with Crippen molar-refractivity contribution in [1.29, 1.82) is 0 Å². The number of hydrogen-bond acceptors (Lipinski definition) is 2. The third-order valence-corrected chi connectivity index (χ3v) is 3.63. The predicted molar refractivity (Wildman–Crippen MR) is 61.2 cm³/mol. The van der Waals surface area contributed by atoms with Crippen molar-refractivity contribution in [1.82, 2.24) is 4.90 Å². The highest BCUT2D eigenvalue weighted by molar-refractivity contribution is 9.10. The molecule has 0 spiro atoms. The molecule has 3 nitrogen and oxygen atoms in total. The monoisotopic (exact) mass is 291 g/mol. The van der Waals surface area contributed by atoms with Crippen LogP contribution in [0.5, 0.6) is 0 Å². The van der Waals surface area contributed by atoms with E-state index in [0.717, 1.165) is 19.4 Å². The second kappa shape index (κ2) is 4.58. The van der Waals surface area contributed by atoms with Crippen molar-refractivity contribution in [3.8, 4) is 0 Å². The maximum Gasteiger partial charge on any atom is 0.258 e. The Bertz CT molecular complexity index is 366. The lowest BCUT2D eigenvalue weighted by atomic mass is 10.2. The molecule has 0 aromatic carbocycles. The number of carbonyl (C=O) groups excluding carboxylic acids is 1. The Morgan fingerprint density at radius 1 is 1.73 bits per heavy atom. The summed E-state index contributed by atoms with van der Waals surface area (Å²) in [5.41, 5.74) is 0.576. The molecular formula is C10H11BrClNO2. The standard InChI is InChI=1S/C10H11BrClNO2/c11-9-8(3-5-15-9)10(14)13-4-1-2-7(13)6-12/h3,5,7H,1-2,4,6H2. The van der Waals surface area contributed by atoms with Crippen LogP contribution in [0.15, 0.2) is 21.4 Å². The van der Waals surface area contributed by atoms with Gasteiger partial charge in [0.15, 0.2) is 4.67 Å². The SMILES string of the molecule is O=C(c1ccoc1Br)N1CCCC1CCl. The highest BCUT2D eigenvalue weighted by Gasteiger charge is 2.30. The molecule has 82 valence electrons. The molecule has 0 saturated carbocycles. The summed E-state index contributed by atoms with van der Waals surface area (Å²) >= 11 is 9.03. The zero-order chi connectivity index (χ0) is 10.8. The van der Waals surface area contributed by atoms with Crippen LogP contribution in [0.3, 0.4) is 0 Å². The van der Waals surface area contributed by atoms with Crippen molar-refractivity contribution in [2.75, 3.05) is 12.4 Å². The second-order valence-corrected chi connectivity index (χ2v) is 4.59. The molecule has 1 saturated heterocycles. The summed E-state index contributed by atoms with van der Waals surface area (Å²) < 4.78 is 5.54.